The average molecular weight is 240 g/mol. The van der Waals surface area contributed by atoms with Gasteiger partial charge in [0.25, 0.3) is 5.91 Å². The van der Waals surface area contributed by atoms with E-state index in [1.165, 1.54) is 0 Å². The molecule has 0 spiro atoms. The Labute approximate surface area is 102 Å². The Balaban J connectivity index is 2.21. The standard InChI is InChI=1S/C13H18ClNO/c1-11(10-14)6-5-9-15-13(16)12-7-3-2-4-8-12/h2-4,7-8,11H,5-6,9-10H2,1H3,(H,15,16). The van der Waals surface area contributed by atoms with Gasteiger partial charge in [-0.2, -0.15) is 0 Å². The fraction of sp³-hybridized carbons (Fsp3) is 0.462. The van der Waals surface area contributed by atoms with Crippen molar-refractivity contribution in [2.45, 2.75) is 19.8 Å². The first kappa shape index (κ1) is 13.0. The van der Waals surface area contributed by atoms with Crippen molar-refractivity contribution in [3.05, 3.63) is 35.9 Å². The van der Waals surface area contributed by atoms with Gasteiger partial charge < -0.3 is 5.32 Å². The fourth-order valence-electron chi connectivity index (χ4n) is 1.42. The van der Waals surface area contributed by atoms with Crippen molar-refractivity contribution < 1.29 is 4.79 Å². The lowest BCUT2D eigenvalue weighted by molar-refractivity contribution is 0.0952. The summed E-state index contributed by atoms with van der Waals surface area (Å²) in [4.78, 5) is 11.6. The summed E-state index contributed by atoms with van der Waals surface area (Å²) in [5.74, 6) is 1.21. The lowest BCUT2D eigenvalue weighted by Gasteiger charge is -2.08. The van der Waals surface area contributed by atoms with Crippen LogP contribution in [0.2, 0.25) is 0 Å². The van der Waals surface area contributed by atoms with Gasteiger partial charge in [0.05, 0.1) is 0 Å². The molecular formula is C13H18ClNO. The van der Waals surface area contributed by atoms with E-state index >= 15 is 0 Å². The predicted octanol–water partition coefficient (Wildman–Crippen LogP) is 3.07. The molecule has 0 aliphatic carbocycles. The van der Waals surface area contributed by atoms with Crippen LogP contribution in [0.5, 0.6) is 0 Å². The molecular weight excluding hydrogens is 222 g/mol. The molecule has 0 aliphatic rings. The van der Waals surface area contributed by atoms with Gasteiger partial charge in [-0.15, -0.1) is 11.6 Å². The highest BCUT2D eigenvalue weighted by Crippen LogP contribution is 2.06. The van der Waals surface area contributed by atoms with Crippen LogP contribution >= 0.6 is 11.6 Å². The third-order valence-corrected chi connectivity index (χ3v) is 2.99. The van der Waals surface area contributed by atoms with E-state index < -0.39 is 0 Å². The van der Waals surface area contributed by atoms with Crippen molar-refractivity contribution in [2.24, 2.45) is 5.92 Å². The van der Waals surface area contributed by atoms with Crippen molar-refractivity contribution in [3.63, 3.8) is 0 Å². The molecule has 1 aromatic rings. The monoisotopic (exact) mass is 239 g/mol. The summed E-state index contributed by atoms with van der Waals surface area (Å²) in [5, 5.41) is 2.90. The summed E-state index contributed by atoms with van der Waals surface area (Å²) < 4.78 is 0. The second-order valence-corrected chi connectivity index (χ2v) is 4.33. The highest BCUT2D eigenvalue weighted by atomic mass is 35.5. The molecule has 1 rings (SSSR count). The first-order valence-electron chi connectivity index (χ1n) is 5.63. The number of hydrogen-bond donors (Lipinski definition) is 1. The van der Waals surface area contributed by atoms with Crippen LogP contribution < -0.4 is 5.32 Å². The zero-order valence-corrected chi connectivity index (χ0v) is 10.3. The van der Waals surface area contributed by atoms with E-state index in [0.29, 0.717) is 17.4 Å². The molecule has 0 saturated heterocycles. The van der Waals surface area contributed by atoms with Gasteiger partial charge in [0, 0.05) is 18.0 Å². The van der Waals surface area contributed by atoms with Crippen LogP contribution in [-0.4, -0.2) is 18.3 Å². The highest BCUT2D eigenvalue weighted by Gasteiger charge is 2.04. The molecule has 0 fully saturated rings. The van der Waals surface area contributed by atoms with E-state index in [9.17, 15) is 4.79 Å². The first-order valence-corrected chi connectivity index (χ1v) is 6.16. The highest BCUT2D eigenvalue weighted by molar-refractivity contribution is 6.18. The molecule has 0 aromatic heterocycles. The Bertz CT molecular complexity index is 313. The van der Waals surface area contributed by atoms with Crippen molar-refractivity contribution in [1.29, 1.82) is 0 Å². The van der Waals surface area contributed by atoms with Gasteiger partial charge in [0.2, 0.25) is 0 Å². The number of rotatable bonds is 6. The predicted molar refractivity (Wildman–Crippen MR) is 67.9 cm³/mol. The lowest BCUT2D eigenvalue weighted by atomic mass is 10.1. The van der Waals surface area contributed by atoms with Gasteiger partial charge in [-0.05, 0) is 30.9 Å². The second-order valence-electron chi connectivity index (χ2n) is 4.02. The van der Waals surface area contributed by atoms with E-state index in [1.54, 1.807) is 0 Å². The molecule has 1 aromatic carbocycles. The molecule has 1 amide bonds. The van der Waals surface area contributed by atoms with Crippen molar-refractivity contribution in [2.75, 3.05) is 12.4 Å². The van der Waals surface area contributed by atoms with E-state index in [2.05, 4.69) is 12.2 Å². The van der Waals surface area contributed by atoms with Crippen LogP contribution in [0.25, 0.3) is 0 Å². The van der Waals surface area contributed by atoms with E-state index in [-0.39, 0.29) is 5.91 Å². The summed E-state index contributed by atoms with van der Waals surface area (Å²) in [6.45, 7) is 2.83. The minimum Gasteiger partial charge on any atom is -0.352 e. The summed E-state index contributed by atoms with van der Waals surface area (Å²) in [6, 6.07) is 9.27. The molecule has 0 heterocycles. The minimum absolute atomic E-state index is 0.000809. The van der Waals surface area contributed by atoms with Gasteiger partial charge in [-0.3, -0.25) is 4.79 Å². The molecule has 0 aliphatic heterocycles. The van der Waals surface area contributed by atoms with Crippen molar-refractivity contribution >= 4 is 17.5 Å². The van der Waals surface area contributed by atoms with Crippen LogP contribution in [0.3, 0.4) is 0 Å². The smallest absolute Gasteiger partial charge is 0.251 e. The van der Waals surface area contributed by atoms with Gasteiger partial charge in [0.1, 0.15) is 0 Å². The van der Waals surface area contributed by atoms with Crippen LogP contribution in [0.1, 0.15) is 30.1 Å². The van der Waals surface area contributed by atoms with Gasteiger partial charge in [0.15, 0.2) is 0 Å². The Morgan fingerprint density at radius 2 is 2.06 bits per heavy atom. The number of alkyl halides is 1. The summed E-state index contributed by atoms with van der Waals surface area (Å²) in [5.41, 5.74) is 0.716. The Morgan fingerprint density at radius 3 is 2.69 bits per heavy atom. The Morgan fingerprint density at radius 1 is 1.38 bits per heavy atom. The fourth-order valence-corrected chi connectivity index (χ4v) is 1.58. The SMILES string of the molecule is CC(CCl)CCCNC(=O)c1ccccc1. The van der Waals surface area contributed by atoms with Crippen LogP contribution in [-0.2, 0) is 0 Å². The number of carbonyl (C=O) groups excluding carboxylic acids is 1. The van der Waals surface area contributed by atoms with Crippen LogP contribution in [0.4, 0.5) is 0 Å². The molecule has 3 heteroatoms. The average Bonchev–Trinajstić information content (AvgIpc) is 2.35. The van der Waals surface area contributed by atoms with Gasteiger partial charge >= 0.3 is 0 Å². The maximum atomic E-state index is 11.6. The van der Waals surface area contributed by atoms with Gasteiger partial charge in [-0.1, -0.05) is 25.1 Å². The maximum Gasteiger partial charge on any atom is 0.251 e. The molecule has 0 saturated carbocycles. The molecule has 16 heavy (non-hydrogen) atoms. The zero-order chi connectivity index (χ0) is 11.8. The molecule has 0 radical (unpaired) electrons. The van der Waals surface area contributed by atoms with Gasteiger partial charge in [-0.25, -0.2) is 0 Å². The summed E-state index contributed by atoms with van der Waals surface area (Å²) in [7, 11) is 0. The molecule has 1 atom stereocenters. The third-order valence-electron chi connectivity index (χ3n) is 2.46. The molecule has 1 N–H and O–H groups in total. The van der Waals surface area contributed by atoms with Crippen LogP contribution in [0, 0.1) is 5.92 Å². The van der Waals surface area contributed by atoms with Crippen molar-refractivity contribution in [3.8, 4) is 0 Å². The topological polar surface area (TPSA) is 29.1 Å². The quantitative estimate of drug-likeness (QED) is 0.600. The zero-order valence-electron chi connectivity index (χ0n) is 9.58. The number of amides is 1. The molecule has 1 unspecified atom stereocenters. The Kier molecular flexibility index (Phi) is 5.94. The molecule has 2 nitrogen and oxygen atoms in total. The van der Waals surface area contributed by atoms with Crippen LogP contribution in [0.15, 0.2) is 30.3 Å². The van der Waals surface area contributed by atoms with E-state index in [4.69, 9.17) is 11.6 Å². The van der Waals surface area contributed by atoms with Crippen molar-refractivity contribution in [1.82, 2.24) is 5.32 Å². The summed E-state index contributed by atoms with van der Waals surface area (Å²) in [6.07, 6.45) is 2.03. The Hall–Kier alpha value is -1.02. The van der Waals surface area contributed by atoms with E-state index in [1.807, 2.05) is 30.3 Å². The summed E-state index contributed by atoms with van der Waals surface area (Å²) >= 11 is 5.70. The maximum absolute atomic E-state index is 11.6. The second kappa shape index (κ2) is 7.29. The number of benzene rings is 1. The lowest BCUT2D eigenvalue weighted by Crippen LogP contribution is -2.24. The third kappa shape index (κ3) is 4.67. The molecule has 88 valence electrons. The first-order chi connectivity index (χ1) is 7.74. The number of hydrogen-bond acceptors (Lipinski definition) is 1. The van der Waals surface area contributed by atoms with E-state index in [0.717, 1.165) is 19.4 Å². The largest absolute Gasteiger partial charge is 0.352 e. The molecule has 0 bridgehead atoms. The number of carbonyl (C=O) groups is 1. The number of halogens is 1. The normalized spacial score (nSPS) is 12.1. The number of nitrogens with one attached hydrogen (secondary N) is 1. The minimum atomic E-state index is -0.000809.